The molecule has 1 aromatic heterocycles. The zero-order valence-electron chi connectivity index (χ0n) is 30.4. The first kappa shape index (κ1) is 33.7. The van der Waals surface area contributed by atoms with Crippen molar-refractivity contribution in [3.63, 3.8) is 0 Å². The van der Waals surface area contributed by atoms with Crippen LogP contribution >= 0.6 is 0 Å². The first-order valence-electron chi connectivity index (χ1n) is 18.7. The van der Waals surface area contributed by atoms with Crippen LogP contribution in [0.3, 0.4) is 0 Å². The van der Waals surface area contributed by atoms with Crippen molar-refractivity contribution >= 4 is 23.3 Å². The molecule has 0 radical (unpaired) electrons. The van der Waals surface area contributed by atoms with Gasteiger partial charge in [0.05, 0.1) is 25.0 Å². The highest BCUT2D eigenvalue weighted by Crippen LogP contribution is 2.47. The lowest BCUT2D eigenvalue weighted by molar-refractivity contribution is -0.135. The number of methoxy groups -OCH3 is 2. The third kappa shape index (κ3) is 6.15. The fraction of sp³-hybridized carbons (Fsp3) is 0.512. The summed E-state index contributed by atoms with van der Waals surface area (Å²) in [6, 6.07) is 10.6. The molecule has 10 nitrogen and oxygen atoms in total. The molecule has 2 amide bonds. The van der Waals surface area contributed by atoms with E-state index in [1.807, 2.05) is 24.9 Å². The second-order valence-electron chi connectivity index (χ2n) is 15.4. The topological polar surface area (TPSA) is 118 Å². The number of carbonyl (C=O) groups is 2. The lowest BCUT2D eigenvalue weighted by Gasteiger charge is -2.34. The Morgan fingerprint density at radius 2 is 1.90 bits per heavy atom. The van der Waals surface area contributed by atoms with Crippen LogP contribution in [0.2, 0.25) is 0 Å². The van der Waals surface area contributed by atoms with Crippen LogP contribution < -0.4 is 10.1 Å². The van der Waals surface area contributed by atoms with E-state index in [1.165, 1.54) is 41.4 Å². The van der Waals surface area contributed by atoms with E-state index in [0.717, 1.165) is 91.4 Å². The van der Waals surface area contributed by atoms with E-state index < -0.39 is 12.1 Å². The highest BCUT2D eigenvalue weighted by atomic mass is 16.5. The van der Waals surface area contributed by atoms with Crippen molar-refractivity contribution in [2.24, 2.45) is 16.8 Å². The molecule has 268 valence electrons. The summed E-state index contributed by atoms with van der Waals surface area (Å²) in [5.41, 5.74) is 11.7. The molecule has 2 fully saturated rings. The Morgan fingerprint density at radius 3 is 2.71 bits per heavy atom. The standard InChI is InChI=1S/C41H49N5O5/c1-22(2)38(45-41(48)50-5)40(47)46-23(3)6-13-36(46)34-17-31-30-18-37-32(16-25(30)10-12-33(31)43-34)29-11-9-26(15-28(29)21-51-37)35-19-42-39(44-35)27-8-7-24(14-27)20-49-4/h9,11,15-16,18-19,22-24,27,36,38H,6-8,10,12-14,17,20-21H2,1-5H3,(H,42,44)(H,45,48)/t23-,24+,27-,36-,38-/m0/s1. The normalized spacial score (nSPS) is 24.0. The van der Waals surface area contributed by atoms with E-state index >= 15 is 0 Å². The van der Waals surface area contributed by atoms with Gasteiger partial charge in [0.25, 0.3) is 0 Å². The molecule has 1 saturated heterocycles. The molecule has 0 unspecified atom stereocenters. The summed E-state index contributed by atoms with van der Waals surface area (Å²) < 4.78 is 16.7. The molecule has 0 spiro atoms. The molecule has 5 aliphatic rings. The van der Waals surface area contributed by atoms with Crippen LogP contribution in [0, 0.1) is 11.8 Å². The quantitative estimate of drug-likeness (QED) is 0.254. The lowest BCUT2D eigenvalue weighted by Crippen LogP contribution is -2.55. The summed E-state index contributed by atoms with van der Waals surface area (Å²) in [4.78, 5) is 41.6. The molecule has 8 rings (SSSR count). The minimum Gasteiger partial charge on any atom is -0.488 e. The first-order valence-corrected chi connectivity index (χ1v) is 18.7. The summed E-state index contributed by atoms with van der Waals surface area (Å²) in [7, 11) is 3.11. The molecule has 3 aromatic rings. The maximum atomic E-state index is 13.9. The number of allylic oxidation sites excluding steroid dienone is 2. The van der Waals surface area contributed by atoms with Crippen LogP contribution in [0.1, 0.15) is 94.1 Å². The Morgan fingerprint density at radius 1 is 1.04 bits per heavy atom. The number of aryl methyl sites for hydroxylation is 1. The summed E-state index contributed by atoms with van der Waals surface area (Å²) >= 11 is 0. The number of ether oxygens (including phenoxy) is 3. The van der Waals surface area contributed by atoms with E-state index in [4.69, 9.17) is 24.2 Å². The summed E-state index contributed by atoms with van der Waals surface area (Å²) in [5, 5.41) is 2.78. The Labute approximate surface area is 300 Å². The number of aromatic nitrogens is 2. The molecule has 2 aromatic carbocycles. The van der Waals surface area contributed by atoms with Crippen LogP contribution in [0.4, 0.5) is 4.79 Å². The number of H-pyrrole nitrogens is 1. The Bertz CT molecular complexity index is 1930. The van der Waals surface area contributed by atoms with E-state index in [1.54, 1.807) is 7.11 Å². The lowest BCUT2D eigenvalue weighted by atomic mass is 9.83. The van der Waals surface area contributed by atoms with Crippen LogP contribution in [-0.2, 0) is 27.3 Å². The number of nitrogens with one attached hydrogen (secondary N) is 2. The molecule has 0 bridgehead atoms. The number of hydrogen-bond acceptors (Lipinski definition) is 7. The van der Waals surface area contributed by atoms with Crippen LogP contribution in [0.25, 0.3) is 28.0 Å². The van der Waals surface area contributed by atoms with Gasteiger partial charge in [0.1, 0.15) is 24.2 Å². The monoisotopic (exact) mass is 691 g/mol. The fourth-order valence-corrected chi connectivity index (χ4v) is 9.15. The number of rotatable bonds is 8. The number of benzene rings is 2. The number of amides is 2. The minimum atomic E-state index is -0.656. The molecule has 51 heavy (non-hydrogen) atoms. The van der Waals surface area contributed by atoms with Crippen molar-refractivity contribution in [2.45, 2.75) is 103 Å². The number of likely N-dealkylation sites (tertiary alicyclic amines) is 1. The molecule has 10 heteroatoms. The van der Waals surface area contributed by atoms with Crippen LogP contribution in [-0.4, -0.2) is 71.5 Å². The van der Waals surface area contributed by atoms with Gasteiger partial charge in [-0.2, -0.15) is 0 Å². The largest absolute Gasteiger partial charge is 0.488 e. The second-order valence-corrected chi connectivity index (χ2v) is 15.4. The number of alkyl carbamates (subject to hydrolysis) is 1. The molecule has 5 atom stereocenters. The number of fused-ring (bicyclic) bond motifs is 5. The number of imidazole rings is 1. The molecule has 4 heterocycles. The zero-order chi connectivity index (χ0) is 35.4. The van der Waals surface area contributed by atoms with E-state index in [-0.39, 0.29) is 23.9 Å². The summed E-state index contributed by atoms with van der Waals surface area (Å²) in [6.07, 6.45) is 9.13. The Kier molecular flexibility index (Phi) is 8.98. The SMILES string of the molecule is COC[C@@H]1CC[C@H](c2ncc(-c3ccc4c(c3)COc3cc5c(cc3-4)CCC3=C5CC([C@@H]4CC[C@H](C)N4C(=O)[C@@H](NC(=O)OC)C(C)C)=N3)[nH]2)C1. The highest BCUT2D eigenvalue weighted by Gasteiger charge is 2.43. The van der Waals surface area contributed by atoms with Crippen molar-refractivity contribution in [3.8, 4) is 28.1 Å². The van der Waals surface area contributed by atoms with Crippen LogP contribution in [0.5, 0.6) is 5.75 Å². The van der Waals surface area contributed by atoms with Crippen molar-refractivity contribution in [2.75, 3.05) is 20.8 Å². The van der Waals surface area contributed by atoms with Crippen molar-refractivity contribution in [3.05, 3.63) is 64.7 Å². The van der Waals surface area contributed by atoms with Gasteiger partial charge in [-0.25, -0.2) is 9.78 Å². The highest BCUT2D eigenvalue weighted by molar-refractivity contribution is 6.06. The average Bonchev–Trinajstić information content (AvgIpc) is 3.95. The van der Waals surface area contributed by atoms with E-state index in [2.05, 4.69) is 47.6 Å². The number of aliphatic imine (C=N–C) groups is 1. The fourth-order valence-electron chi connectivity index (χ4n) is 9.15. The third-order valence-electron chi connectivity index (χ3n) is 11.9. The minimum absolute atomic E-state index is 0.0632. The van der Waals surface area contributed by atoms with Gasteiger partial charge in [0.15, 0.2) is 0 Å². The molecule has 2 N–H and O–H groups in total. The first-order chi connectivity index (χ1) is 24.7. The van der Waals surface area contributed by atoms with Gasteiger partial charge in [-0.05, 0) is 115 Å². The van der Waals surface area contributed by atoms with Gasteiger partial charge in [-0.3, -0.25) is 9.79 Å². The smallest absolute Gasteiger partial charge is 0.407 e. The Hall–Kier alpha value is -4.44. The number of aromatic amines is 1. The second kappa shape index (κ2) is 13.6. The van der Waals surface area contributed by atoms with Gasteiger partial charge in [-0.1, -0.05) is 26.0 Å². The summed E-state index contributed by atoms with van der Waals surface area (Å²) in [6.45, 7) is 7.33. The third-order valence-corrected chi connectivity index (χ3v) is 11.9. The van der Waals surface area contributed by atoms with Crippen LogP contribution in [0.15, 0.2) is 47.2 Å². The summed E-state index contributed by atoms with van der Waals surface area (Å²) in [5.74, 6) is 2.92. The van der Waals surface area contributed by atoms with Gasteiger partial charge in [-0.15, -0.1) is 0 Å². The van der Waals surface area contributed by atoms with Gasteiger partial charge in [0, 0.05) is 49.1 Å². The molecule has 1 saturated carbocycles. The van der Waals surface area contributed by atoms with Crippen molar-refractivity contribution in [1.29, 1.82) is 0 Å². The van der Waals surface area contributed by atoms with Gasteiger partial charge >= 0.3 is 6.09 Å². The number of nitrogens with zero attached hydrogens (tertiary/aromatic N) is 3. The van der Waals surface area contributed by atoms with Crippen molar-refractivity contribution < 1.29 is 23.8 Å². The zero-order valence-corrected chi connectivity index (χ0v) is 30.4. The van der Waals surface area contributed by atoms with E-state index in [0.29, 0.717) is 18.4 Å². The Balaban J connectivity index is 1.00. The maximum absolute atomic E-state index is 13.9. The average molecular weight is 692 g/mol. The molecular formula is C41H49N5O5. The number of carbonyl (C=O) groups excluding carboxylic acids is 2. The molecular weight excluding hydrogens is 642 g/mol. The predicted molar refractivity (Wildman–Crippen MR) is 197 cm³/mol. The maximum Gasteiger partial charge on any atom is 0.407 e. The van der Waals surface area contributed by atoms with E-state index in [9.17, 15) is 9.59 Å². The van der Waals surface area contributed by atoms with Gasteiger partial charge in [0.2, 0.25) is 5.91 Å². The van der Waals surface area contributed by atoms with Crippen molar-refractivity contribution in [1.82, 2.24) is 20.2 Å². The molecule has 2 aliphatic carbocycles. The predicted octanol–water partition coefficient (Wildman–Crippen LogP) is 7.43. The number of hydrogen-bond donors (Lipinski definition) is 2. The molecule has 3 aliphatic heterocycles. The van der Waals surface area contributed by atoms with Gasteiger partial charge < -0.3 is 29.4 Å².